The topological polar surface area (TPSA) is 109 Å². The van der Waals surface area contributed by atoms with Gasteiger partial charge in [-0.2, -0.15) is 0 Å². The monoisotopic (exact) mass is 563 g/mol. The van der Waals surface area contributed by atoms with Gasteiger partial charge in [0.05, 0.1) is 18.3 Å². The number of carboxylic acid groups (broad SMARTS) is 1. The largest absolute Gasteiger partial charge is 0.490 e. The van der Waals surface area contributed by atoms with Crippen molar-refractivity contribution in [2.45, 2.75) is 58.3 Å². The van der Waals surface area contributed by atoms with E-state index in [1.165, 1.54) is 6.07 Å². The zero-order chi connectivity index (χ0) is 29.2. The maximum atomic E-state index is 15.1. The summed E-state index contributed by atoms with van der Waals surface area (Å²) >= 11 is 0. The number of allylic oxidation sites excluding steroid dienone is 1. The van der Waals surface area contributed by atoms with E-state index in [9.17, 15) is 24.5 Å². The summed E-state index contributed by atoms with van der Waals surface area (Å²) in [6, 6.07) is 7.72. The van der Waals surface area contributed by atoms with Crippen LogP contribution in [0, 0.1) is 37.3 Å². The SMILES string of the molecule is Cc1cc(OC2CC(C(C)(O)CO)C2)cc(C)c1-c1cc(COc2cc3c(cn2)C2=C(C(=O)O)[C@@H]2C3)c(F)cc1F. The van der Waals surface area contributed by atoms with E-state index in [1.807, 2.05) is 26.0 Å². The van der Waals surface area contributed by atoms with Gasteiger partial charge >= 0.3 is 5.97 Å². The molecule has 214 valence electrons. The lowest BCUT2D eigenvalue weighted by Crippen LogP contribution is -2.49. The second-order valence-electron chi connectivity index (χ2n) is 11.6. The number of aryl methyl sites for hydroxylation is 2. The number of aliphatic hydroxyl groups excluding tert-OH is 1. The second kappa shape index (κ2) is 9.92. The third-order valence-electron chi connectivity index (χ3n) is 8.70. The van der Waals surface area contributed by atoms with Crippen molar-refractivity contribution in [3.8, 4) is 22.8 Å². The number of aliphatic carboxylic acids is 1. The number of pyridine rings is 1. The molecule has 41 heavy (non-hydrogen) atoms. The number of ether oxygens (including phenoxy) is 2. The molecule has 3 aliphatic rings. The van der Waals surface area contributed by atoms with Crippen LogP contribution in [0.15, 0.2) is 42.1 Å². The summed E-state index contributed by atoms with van der Waals surface area (Å²) in [4.78, 5) is 15.6. The average molecular weight is 564 g/mol. The maximum absolute atomic E-state index is 15.1. The van der Waals surface area contributed by atoms with Crippen molar-refractivity contribution in [2.75, 3.05) is 6.61 Å². The summed E-state index contributed by atoms with van der Waals surface area (Å²) < 4.78 is 41.7. The van der Waals surface area contributed by atoms with Crippen LogP contribution < -0.4 is 9.47 Å². The summed E-state index contributed by atoms with van der Waals surface area (Å²) in [6.07, 6.45) is 3.36. The van der Waals surface area contributed by atoms with Crippen LogP contribution in [0.5, 0.6) is 11.6 Å². The number of carboxylic acids is 1. The Morgan fingerprint density at radius 3 is 2.44 bits per heavy atom. The van der Waals surface area contributed by atoms with Crippen LogP contribution in [-0.4, -0.2) is 44.6 Å². The number of aromatic nitrogens is 1. The second-order valence-corrected chi connectivity index (χ2v) is 11.6. The molecule has 3 aliphatic carbocycles. The molecule has 9 heteroatoms. The molecule has 1 aromatic heterocycles. The average Bonchev–Trinajstić information content (AvgIpc) is 3.48. The van der Waals surface area contributed by atoms with Gasteiger partial charge in [-0.1, -0.05) is 0 Å². The van der Waals surface area contributed by atoms with Crippen molar-refractivity contribution < 1.29 is 38.4 Å². The molecule has 1 fully saturated rings. The van der Waals surface area contributed by atoms with Gasteiger partial charge in [0.15, 0.2) is 0 Å². The molecule has 1 saturated carbocycles. The molecular weight excluding hydrogens is 532 g/mol. The first kappa shape index (κ1) is 27.4. The Labute approximate surface area is 236 Å². The standard InChI is InChI=1S/C32H31F2NO6/c1-15-4-20(41-21-9-19(10-21)32(3,39)14-36)5-16(2)28(15)22-7-18(25(33)11-26(22)34)13-40-27-8-17-6-23-29(24(17)12-35-27)30(23)31(37)38/h4-5,7-8,11-12,19,21,23,36,39H,6,9-10,13-14H2,1-3H3,(H,37,38)/t19?,21?,23-,32?/m1/s1. The van der Waals surface area contributed by atoms with E-state index >= 15 is 4.39 Å². The highest BCUT2D eigenvalue weighted by Gasteiger charge is 2.48. The van der Waals surface area contributed by atoms with Crippen molar-refractivity contribution >= 4 is 11.5 Å². The van der Waals surface area contributed by atoms with E-state index in [0.717, 1.165) is 33.9 Å². The number of hydrogen-bond donors (Lipinski definition) is 3. The molecule has 1 heterocycles. The first-order valence-corrected chi connectivity index (χ1v) is 13.7. The number of nitrogens with zero attached hydrogens (tertiary/aromatic N) is 1. The van der Waals surface area contributed by atoms with Crippen molar-refractivity contribution in [1.29, 1.82) is 0 Å². The van der Waals surface area contributed by atoms with Gasteiger partial charge in [-0.05, 0) is 92.0 Å². The molecule has 2 atom stereocenters. The zero-order valence-electron chi connectivity index (χ0n) is 23.0. The molecule has 0 aliphatic heterocycles. The Balaban J connectivity index is 1.17. The van der Waals surface area contributed by atoms with E-state index in [0.29, 0.717) is 42.0 Å². The first-order chi connectivity index (χ1) is 19.5. The van der Waals surface area contributed by atoms with Gasteiger partial charge in [0.25, 0.3) is 0 Å². The minimum absolute atomic E-state index is 0.0345. The number of carbonyl (C=O) groups is 1. The Hall–Kier alpha value is -3.82. The van der Waals surface area contributed by atoms with Crippen molar-refractivity contribution in [3.63, 3.8) is 0 Å². The van der Waals surface area contributed by atoms with Gasteiger partial charge in [0, 0.05) is 46.5 Å². The summed E-state index contributed by atoms with van der Waals surface area (Å²) in [5, 5.41) is 28.8. The van der Waals surface area contributed by atoms with Crippen LogP contribution in [0.2, 0.25) is 0 Å². The third kappa shape index (κ3) is 4.87. The van der Waals surface area contributed by atoms with Crippen molar-refractivity contribution in [2.24, 2.45) is 11.8 Å². The highest BCUT2D eigenvalue weighted by Crippen LogP contribution is 2.55. The minimum atomic E-state index is -1.13. The molecule has 0 spiro atoms. The van der Waals surface area contributed by atoms with Crippen molar-refractivity contribution in [3.05, 3.63) is 81.6 Å². The molecule has 0 saturated heterocycles. The normalized spacial score (nSPS) is 22.0. The Bertz CT molecular complexity index is 1580. The van der Waals surface area contributed by atoms with Gasteiger partial charge in [-0.15, -0.1) is 0 Å². The minimum Gasteiger partial charge on any atom is -0.490 e. The molecular formula is C32H31F2NO6. The summed E-state index contributed by atoms with van der Waals surface area (Å²) in [5.74, 6) is -1.48. The quantitative estimate of drug-likeness (QED) is 0.331. The van der Waals surface area contributed by atoms with E-state index in [-0.39, 0.29) is 42.3 Å². The fourth-order valence-electron chi connectivity index (χ4n) is 6.21. The Morgan fingerprint density at radius 2 is 1.78 bits per heavy atom. The smallest absolute Gasteiger partial charge is 0.332 e. The number of benzene rings is 2. The molecule has 7 nitrogen and oxygen atoms in total. The summed E-state index contributed by atoms with van der Waals surface area (Å²) in [6.45, 7) is 4.86. The molecule has 6 rings (SSSR count). The summed E-state index contributed by atoms with van der Waals surface area (Å²) in [7, 11) is 0. The molecule has 0 radical (unpaired) electrons. The van der Waals surface area contributed by atoms with Crippen LogP contribution >= 0.6 is 0 Å². The van der Waals surface area contributed by atoms with Crippen LogP contribution in [0.25, 0.3) is 16.7 Å². The third-order valence-corrected chi connectivity index (χ3v) is 8.70. The number of fused-ring (bicyclic) bond motifs is 3. The molecule has 0 amide bonds. The van der Waals surface area contributed by atoms with Crippen molar-refractivity contribution in [1.82, 2.24) is 4.98 Å². The summed E-state index contributed by atoms with van der Waals surface area (Å²) in [5.41, 5.74) is 4.53. The van der Waals surface area contributed by atoms with Gasteiger partial charge in [-0.25, -0.2) is 18.6 Å². The van der Waals surface area contributed by atoms with Gasteiger partial charge in [-0.3, -0.25) is 0 Å². The van der Waals surface area contributed by atoms with Crippen LogP contribution in [0.4, 0.5) is 8.78 Å². The zero-order valence-corrected chi connectivity index (χ0v) is 23.0. The molecule has 3 aromatic rings. The fourth-order valence-corrected chi connectivity index (χ4v) is 6.21. The van der Waals surface area contributed by atoms with Crippen LogP contribution in [-0.2, 0) is 17.8 Å². The molecule has 3 N–H and O–H groups in total. The number of halogens is 2. The molecule has 0 bridgehead atoms. The maximum Gasteiger partial charge on any atom is 0.332 e. The lowest BCUT2D eigenvalue weighted by molar-refractivity contribution is -0.132. The Kier molecular flexibility index (Phi) is 6.62. The lowest BCUT2D eigenvalue weighted by Gasteiger charge is -2.43. The predicted molar refractivity (Wildman–Crippen MR) is 146 cm³/mol. The predicted octanol–water partition coefficient (Wildman–Crippen LogP) is 5.15. The van der Waals surface area contributed by atoms with E-state index in [2.05, 4.69) is 4.98 Å². The van der Waals surface area contributed by atoms with E-state index < -0.39 is 23.2 Å². The fraction of sp³-hybridized carbons (Fsp3) is 0.375. The van der Waals surface area contributed by atoms with Gasteiger partial charge in [0.2, 0.25) is 5.88 Å². The van der Waals surface area contributed by atoms with E-state index in [4.69, 9.17) is 9.47 Å². The molecule has 2 aromatic carbocycles. The highest BCUT2D eigenvalue weighted by molar-refractivity contribution is 6.11. The first-order valence-electron chi connectivity index (χ1n) is 13.7. The van der Waals surface area contributed by atoms with Crippen LogP contribution in [0.3, 0.4) is 0 Å². The lowest BCUT2D eigenvalue weighted by atomic mass is 9.72. The Morgan fingerprint density at radius 1 is 1.07 bits per heavy atom. The number of rotatable bonds is 9. The molecule has 1 unspecified atom stereocenters. The van der Waals surface area contributed by atoms with E-state index in [1.54, 1.807) is 19.2 Å². The van der Waals surface area contributed by atoms with Gasteiger partial charge in [0.1, 0.15) is 24.0 Å². The number of aliphatic hydroxyl groups is 2. The van der Waals surface area contributed by atoms with Gasteiger partial charge < -0.3 is 24.8 Å². The highest BCUT2D eigenvalue weighted by atomic mass is 19.1. The number of hydrogen-bond acceptors (Lipinski definition) is 6. The van der Waals surface area contributed by atoms with Crippen LogP contribution in [0.1, 0.15) is 47.6 Å².